The van der Waals surface area contributed by atoms with E-state index in [2.05, 4.69) is 16.0 Å². The molecule has 7 heteroatoms. The number of fused-ring (bicyclic) bond motifs is 1. The molecular weight excluding hydrogens is 332 g/mol. The van der Waals surface area contributed by atoms with Gasteiger partial charge in [0.25, 0.3) is 0 Å². The Hall–Kier alpha value is -2.93. The molecule has 26 heavy (non-hydrogen) atoms. The van der Waals surface area contributed by atoms with Crippen molar-refractivity contribution in [2.24, 2.45) is 5.73 Å². The number of nitrogens with two attached hydrogens (primary N) is 1. The van der Waals surface area contributed by atoms with Gasteiger partial charge in [-0.05, 0) is 30.2 Å². The highest BCUT2D eigenvalue weighted by molar-refractivity contribution is 5.92. The second kappa shape index (κ2) is 8.44. The van der Waals surface area contributed by atoms with Crippen molar-refractivity contribution < 1.29 is 14.4 Å². The Morgan fingerprint density at radius 3 is 2.54 bits per heavy atom. The molecule has 0 fully saturated rings. The zero-order valence-electron chi connectivity index (χ0n) is 14.9. The number of hydrogen-bond acceptors (Lipinski definition) is 4. The Morgan fingerprint density at radius 1 is 1.15 bits per heavy atom. The van der Waals surface area contributed by atoms with E-state index in [0.29, 0.717) is 12.8 Å². The lowest BCUT2D eigenvalue weighted by atomic mass is 9.97. The van der Waals surface area contributed by atoms with Gasteiger partial charge < -0.3 is 21.7 Å². The lowest BCUT2D eigenvalue weighted by Crippen LogP contribution is -2.57. The summed E-state index contributed by atoms with van der Waals surface area (Å²) in [6.45, 7) is 3.13. The van der Waals surface area contributed by atoms with E-state index in [1.54, 1.807) is 13.8 Å². The van der Waals surface area contributed by atoms with Crippen molar-refractivity contribution in [2.45, 2.75) is 31.8 Å². The summed E-state index contributed by atoms with van der Waals surface area (Å²) >= 11 is 0. The van der Waals surface area contributed by atoms with E-state index in [1.165, 1.54) is 0 Å². The standard InChI is InChI=1S/C19H24N4O3/c1-19(2,20)18(26)23-16(17(25)22-11-21-12-24)10-14-8-5-7-13-6-3-4-9-15(13)14/h3-9,12,16H,10-11,20H2,1-2H3,(H,21,24)(H,22,25)(H,23,26)/t16-/m1/s1. The molecular formula is C19H24N4O3. The van der Waals surface area contributed by atoms with Crippen LogP contribution in [-0.2, 0) is 20.8 Å². The molecule has 2 aromatic carbocycles. The summed E-state index contributed by atoms with van der Waals surface area (Å²) in [6, 6.07) is 12.8. The van der Waals surface area contributed by atoms with Gasteiger partial charge in [-0.3, -0.25) is 14.4 Å². The summed E-state index contributed by atoms with van der Waals surface area (Å²) in [4.78, 5) is 35.1. The van der Waals surface area contributed by atoms with Crippen molar-refractivity contribution in [1.29, 1.82) is 0 Å². The molecule has 0 bridgehead atoms. The van der Waals surface area contributed by atoms with Gasteiger partial charge in [-0.1, -0.05) is 42.5 Å². The lowest BCUT2D eigenvalue weighted by Gasteiger charge is -2.24. The summed E-state index contributed by atoms with van der Waals surface area (Å²) in [5.41, 5.74) is 5.65. The molecule has 0 aliphatic carbocycles. The first-order chi connectivity index (χ1) is 12.3. The predicted octanol–water partition coefficient (Wildman–Crippen LogP) is 0.424. The van der Waals surface area contributed by atoms with Crippen molar-refractivity contribution in [3.8, 4) is 0 Å². The van der Waals surface area contributed by atoms with Gasteiger partial charge >= 0.3 is 0 Å². The van der Waals surface area contributed by atoms with Gasteiger partial charge in [0, 0.05) is 6.42 Å². The lowest BCUT2D eigenvalue weighted by molar-refractivity contribution is -0.131. The fourth-order valence-electron chi connectivity index (χ4n) is 2.55. The van der Waals surface area contributed by atoms with Crippen LogP contribution in [0.1, 0.15) is 19.4 Å². The highest BCUT2D eigenvalue weighted by Gasteiger charge is 2.28. The van der Waals surface area contributed by atoms with Gasteiger partial charge in [-0.25, -0.2) is 0 Å². The van der Waals surface area contributed by atoms with Crippen LogP contribution in [-0.4, -0.2) is 36.5 Å². The fraction of sp³-hybridized carbons (Fsp3) is 0.316. The Labute approximate surface area is 152 Å². The third-order valence-electron chi connectivity index (χ3n) is 3.96. The van der Waals surface area contributed by atoms with E-state index in [-0.39, 0.29) is 6.67 Å². The molecule has 2 rings (SSSR count). The van der Waals surface area contributed by atoms with Gasteiger partial charge in [0.15, 0.2) is 0 Å². The van der Waals surface area contributed by atoms with Crippen LogP contribution in [0.5, 0.6) is 0 Å². The molecule has 3 amide bonds. The van der Waals surface area contributed by atoms with Crippen LogP contribution in [0.4, 0.5) is 0 Å². The minimum atomic E-state index is -1.11. The minimum absolute atomic E-state index is 0.0176. The molecule has 0 aromatic heterocycles. The quantitative estimate of drug-likeness (QED) is 0.312. The van der Waals surface area contributed by atoms with Crippen molar-refractivity contribution in [3.63, 3.8) is 0 Å². The third kappa shape index (κ3) is 5.03. The zero-order valence-corrected chi connectivity index (χ0v) is 14.9. The second-order valence-electron chi connectivity index (χ2n) is 6.63. The van der Waals surface area contributed by atoms with E-state index >= 15 is 0 Å². The van der Waals surface area contributed by atoms with Crippen LogP contribution in [0.3, 0.4) is 0 Å². The summed E-state index contributed by atoms with van der Waals surface area (Å²) in [5, 5.41) is 9.70. The van der Waals surface area contributed by atoms with E-state index < -0.39 is 23.4 Å². The molecule has 7 nitrogen and oxygen atoms in total. The molecule has 0 unspecified atom stereocenters. The van der Waals surface area contributed by atoms with Crippen LogP contribution in [0, 0.1) is 0 Å². The normalized spacial score (nSPS) is 12.3. The summed E-state index contributed by atoms with van der Waals surface area (Å²) in [7, 11) is 0. The smallest absolute Gasteiger partial charge is 0.244 e. The van der Waals surface area contributed by atoms with Crippen LogP contribution < -0.4 is 21.7 Å². The zero-order chi connectivity index (χ0) is 19.2. The maximum absolute atomic E-state index is 12.5. The number of benzene rings is 2. The van der Waals surface area contributed by atoms with Gasteiger partial charge in [0.05, 0.1) is 12.2 Å². The molecule has 0 aliphatic heterocycles. The molecule has 0 aliphatic rings. The average molecular weight is 356 g/mol. The van der Waals surface area contributed by atoms with Crippen LogP contribution in [0.2, 0.25) is 0 Å². The van der Waals surface area contributed by atoms with Gasteiger partial charge in [-0.2, -0.15) is 0 Å². The molecule has 1 atom stereocenters. The minimum Gasteiger partial charge on any atom is -0.342 e. The topological polar surface area (TPSA) is 113 Å². The van der Waals surface area contributed by atoms with Crippen LogP contribution in [0.15, 0.2) is 42.5 Å². The van der Waals surface area contributed by atoms with Crippen LogP contribution in [0.25, 0.3) is 10.8 Å². The average Bonchev–Trinajstić information content (AvgIpc) is 2.60. The maximum atomic E-state index is 12.5. The second-order valence-corrected chi connectivity index (χ2v) is 6.63. The molecule has 0 saturated carbocycles. The van der Waals surface area contributed by atoms with E-state index in [1.807, 2.05) is 42.5 Å². The molecule has 0 radical (unpaired) electrons. The number of hydrogen-bond donors (Lipinski definition) is 4. The van der Waals surface area contributed by atoms with E-state index in [9.17, 15) is 14.4 Å². The van der Waals surface area contributed by atoms with Gasteiger partial charge in [0.1, 0.15) is 6.04 Å². The number of amides is 3. The van der Waals surface area contributed by atoms with Crippen LogP contribution >= 0.6 is 0 Å². The number of carbonyl (C=O) groups excluding carboxylic acids is 3. The molecule has 2 aromatic rings. The maximum Gasteiger partial charge on any atom is 0.244 e. The Kier molecular flexibility index (Phi) is 6.30. The number of carbonyl (C=O) groups is 3. The first kappa shape index (κ1) is 19.4. The summed E-state index contributed by atoms with van der Waals surface area (Å²) < 4.78 is 0. The third-order valence-corrected chi connectivity index (χ3v) is 3.96. The van der Waals surface area contributed by atoms with Crippen molar-refractivity contribution in [1.82, 2.24) is 16.0 Å². The van der Waals surface area contributed by atoms with E-state index in [4.69, 9.17) is 5.73 Å². The van der Waals surface area contributed by atoms with Crippen molar-refractivity contribution >= 4 is 29.0 Å². The Morgan fingerprint density at radius 2 is 1.85 bits per heavy atom. The number of rotatable bonds is 8. The fourth-order valence-corrected chi connectivity index (χ4v) is 2.55. The predicted molar refractivity (Wildman–Crippen MR) is 100 cm³/mol. The Balaban J connectivity index is 2.25. The largest absolute Gasteiger partial charge is 0.342 e. The highest BCUT2D eigenvalue weighted by Crippen LogP contribution is 2.20. The Bertz CT molecular complexity index is 793. The molecule has 5 N–H and O–H groups in total. The molecule has 0 heterocycles. The first-order valence-corrected chi connectivity index (χ1v) is 8.34. The number of nitrogens with one attached hydrogen (secondary N) is 3. The summed E-state index contributed by atoms with van der Waals surface area (Å²) in [5.74, 6) is -0.828. The molecule has 138 valence electrons. The van der Waals surface area contributed by atoms with Gasteiger partial charge in [-0.15, -0.1) is 0 Å². The van der Waals surface area contributed by atoms with E-state index in [0.717, 1.165) is 16.3 Å². The SMILES string of the molecule is CC(C)(N)C(=O)N[C@H](Cc1cccc2ccccc12)C(=O)NCNC=O. The molecule has 0 spiro atoms. The monoisotopic (exact) mass is 356 g/mol. The van der Waals surface area contributed by atoms with Crippen molar-refractivity contribution in [3.05, 3.63) is 48.0 Å². The first-order valence-electron chi connectivity index (χ1n) is 8.34. The van der Waals surface area contributed by atoms with Gasteiger partial charge in [0.2, 0.25) is 18.2 Å². The summed E-state index contributed by atoms with van der Waals surface area (Å²) in [6.07, 6.45) is 0.789. The molecule has 0 saturated heterocycles. The highest BCUT2D eigenvalue weighted by atomic mass is 16.2. The van der Waals surface area contributed by atoms with Crippen molar-refractivity contribution in [2.75, 3.05) is 6.67 Å².